The highest BCUT2D eigenvalue weighted by atomic mass is 35.5. The van der Waals surface area contributed by atoms with E-state index in [9.17, 15) is 4.79 Å². The molecule has 0 spiro atoms. The molecule has 1 aliphatic rings. The number of benzene rings is 1. The Hall–Kier alpha value is -2.38. The SMILES string of the molecule is CSc1ccc([C@@H]2CC(=O)Nc3c2c(C)nn3-c2ccc(Cl)nn2)cc1. The van der Waals surface area contributed by atoms with Gasteiger partial charge in [0.2, 0.25) is 5.91 Å². The van der Waals surface area contributed by atoms with Crippen molar-refractivity contribution in [2.45, 2.75) is 24.2 Å². The Balaban J connectivity index is 1.82. The van der Waals surface area contributed by atoms with Crippen molar-refractivity contribution in [3.63, 3.8) is 0 Å². The first-order valence-corrected chi connectivity index (χ1v) is 9.70. The highest BCUT2D eigenvalue weighted by Gasteiger charge is 2.32. The van der Waals surface area contributed by atoms with Crippen LogP contribution in [0.3, 0.4) is 0 Å². The smallest absolute Gasteiger partial charge is 0.226 e. The van der Waals surface area contributed by atoms with Gasteiger partial charge in [-0.3, -0.25) is 4.79 Å². The molecule has 0 radical (unpaired) electrons. The summed E-state index contributed by atoms with van der Waals surface area (Å²) in [5.41, 5.74) is 2.97. The maximum Gasteiger partial charge on any atom is 0.226 e. The lowest BCUT2D eigenvalue weighted by Crippen LogP contribution is -2.25. The third-order valence-electron chi connectivity index (χ3n) is 4.46. The van der Waals surface area contributed by atoms with Crippen LogP contribution in [-0.2, 0) is 4.79 Å². The Morgan fingerprint density at radius 2 is 1.96 bits per heavy atom. The Kier molecular flexibility index (Phi) is 4.42. The molecule has 1 N–H and O–H groups in total. The van der Waals surface area contributed by atoms with E-state index in [2.05, 4.69) is 44.9 Å². The summed E-state index contributed by atoms with van der Waals surface area (Å²) in [5.74, 6) is 1.08. The third kappa shape index (κ3) is 2.97. The molecule has 1 amide bonds. The highest BCUT2D eigenvalue weighted by Crippen LogP contribution is 2.40. The molecule has 0 unspecified atom stereocenters. The average Bonchev–Trinajstić information content (AvgIpc) is 2.98. The monoisotopic (exact) mass is 385 g/mol. The second-order valence-corrected chi connectivity index (χ2v) is 7.32. The van der Waals surface area contributed by atoms with Crippen molar-refractivity contribution in [2.75, 3.05) is 11.6 Å². The van der Waals surface area contributed by atoms with Crippen molar-refractivity contribution in [3.05, 3.63) is 58.4 Å². The summed E-state index contributed by atoms with van der Waals surface area (Å²) in [6.45, 7) is 1.94. The number of aromatic nitrogens is 4. The molecule has 8 heteroatoms. The number of hydrogen-bond donors (Lipinski definition) is 1. The van der Waals surface area contributed by atoms with Gasteiger partial charge in [0, 0.05) is 22.8 Å². The van der Waals surface area contributed by atoms with Crippen LogP contribution in [0.5, 0.6) is 0 Å². The molecule has 0 aliphatic carbocycles. The number of amides is 1. The van der Waals surface area contributed by atoms with Gasteiger partial charge in [-0.2, -0.15) is 9.78 Å². The van der Waals surface area contributed by atoms with Crippen LogP contribution in [-0.4, -0.2) is 32.1 Å². The van der Waals surface area contributed by atoms with Crippen molar-refractivity contribution in [1.29, 1.82) is 0 Å². The second kappa shape index (κ2) is 6.74. The summed E-state index contributed by atoms with van der Waals surface area (Å²) >= 11 is 7.52. The predicted molar refractivity (Wildman–Crippen MR) is 102 cm³/mol. The first kappa shape index (κ1) is 17.1. The molecular weight excluding hydrogens is 370 g/mol. The first-order chi connectivity index (χ1) is 12.6. The average molecular weight is 386 g/mol. The summed E-state index contributed by atoms with van der Waals surface area (Å²) in [7, 11) is 0. The van der Waals surface area contributed by atoms with Crippen LogP contribution in [0.15, 0.2) is 41.3 Å². The van der Waals surface area contributed by atoms with Gasteiger partial charge in [0.15, 0.2) is 11.0 Å². The summed E-state index contributed by atoms with van der Waals surface area (Å²) in [5, 5.41) is 15.8. The first-order valence-electron chi connectivity index (χ1n) is 8.09. The van der Waals surface area contributed by atoms with E-state index < -0.39 is 0 Å². The van der Waals surface area contributed by atoms with E-state index in [4.69, 9.17) is 11.6 Å². The molecule has 1 atom stereocenters. The second-order valence-electron chi connectivity index (χ2n) is 6.05. The minimum atomic E-state index is -0.0421. The molecule has 1 aromatic carbocycles. The molecule has 3 heterocycles. The Morgan fingerprint density at radius 1 is 1.19 bits per heavy atom. The zero-order valence-corrected chi connectivity index (χ0v) is 15.8. The minimum absolute atomic E-state index is 0.0383. The number of hydrogen-bond acceptors (Lipinski definition) is 5. The van der Waals surface area contributed by atoms with Gasteiger partial charge in [-0.05, 0) is 43.0 Å². The normalized spacial score (nSPS) is 16.3. The van der Waals surface area contributed by atoms with Gasteiger partial charge in [0.25, 0.3) is 0 Å². The van der Waals surface area contributed by atoms with Crippen LogP contribution in [0.25, 0.3) is 5.82 Å². The molecule has 3 aromatic rings. The number of fused-ring (bicyclic) bond motifs is 1. The van der Waals surface area contributed by atoms with Crippen LogP contribution >= 0.6 is 23.4 Å². The van der Waals surface area contributed by atoms with E-state index in [1.165, 1.54) is 4.90 Å². The van der Waals surface area contributed by atoms with Gasteiger partial charge in [-0.25, -0.2) is 0 Å². The number of rotatable bonds is 3. The quantitative estimate of drug-likeness (QED) is 0.694. The fraction of sp³-hybridized carbons (Fsp3) is 0.222. The summed E-state index contributed by atoms with van der Waals surface area (Å²) in [6, 6.07) is 11.7. The van der Waals surface area contributed by atoms with Crippen molar-refractivity contribution >= 4 is 35.1 Å². The van der Waals surface area contributed by atoms with Gasteiger partial charge in [0.05, 0.1) is 5.69 Å². The number of thioether (sulfide) groups is 1. The van der Waals surface area contributed by atoms with Crippen LogP contribution < -0.4 is 5.32 Å². The van der Waals surface area contributed by atoms with Crippen molar-refractivity contribution in [2.24, 2.45) is 0 Å². The number of aryl methyl sites for hydroxylation is 1. The van der Waals surface area contributed by atoms with E-state index >= 15 is 0 Å². The lowest BCUT2D eigenvalue weighted by Gasteiger charge is -2.24. The molecular formula is C18H16ClN5OS. The topological polar surface area (TPSA) is 72.7 Å². The number of nitrogens with zero attached hydrogens (tertiary/aromatic N) is 4. The molecule has 2 aromatic heterocycles. The van der Waals surface area contributed by atoms with Gasteiger partial charge in [0.1, 0.15) is 5.82 Å². The van der Waals surface area contributed by atoms with Crippen LogP contribution in [0.4, 0.5) is 5.82 Å². The Labute approximate surface area is 160 Å². The Morgan fingerprint density at radius 3 is 2.62 bits per heavy atom. The molecule has 0 fully saturated rings. The maximum absolute atomic E-state index is 12.4. The summed E-state index contributed by atoms with van der Waals surface area (Å²) in [4.78, 5) is 13.6. The number of carbonyl (C=O) groups is 1. The molecule has 26 heavy (non-hydrogen) atoms. The number of anilines is 1. The van der Waals surface area contributed by atoms with Gasteiger partial charge in [-0.15, -0.1) is 22.0 Å². The van der Waals surface area contributed by atoms with Crippen LogP contribution in [0.2, 0.25) is 5.15 Å². The third-order valence-corrected chi connectivity index (χ3v) is 5.40. The van der Waals surface area contributed by atoms with Gasteiger partial charge < -0.3 is 5.32 Å². The van der Waals surface area contributed by atoms with Crippen LogP contribution in [0, 0.1) is 6.92 Å². The lowest BCUT2D eigenvalue weighted by atomic mass is 9.86. The lowest BCUT2D eigenvalue weighted by molar-refractivity contribution is -0.116. The van der Waals surface area contributed by atoms with E-state index in [0.717, 1.165) is 16.8 Å². The molecule has 4 rings (SSSR count). The molecule has 132 valence electrons. The fourth-order valence-corrected chi connectivity index (χ4v) is 3.76. The van der Waals surface area contributed by atoms with Crippen molar-refractivity contribution < 1.29 is 4.79 Å². The van der Waals surface area contributed by atoms with Gasteiger partial charge >= 0.3 is 0 Å². The minimum Gasteiger partial charge on any atom is -0.310 e. The molecule has 6 nitrogen and oxygen atoms in total. The van der Waals surface area contributed by atoms with Crippen molar-refractivity contribution in [3.8, 4) is 5.82 Å². The fourth-order valence-electron chi connectivity index (χ4n) is 3.26. The zero-order valence-electron chi connectivity index (χ0n) is 14.2. The maximum atomic E-state index is 12.4. The highest BCUT2D eigenvalue weighted by molar-refractivity contribution is 7.98. The Bertz CT molecular complexity index is 968. The number of carbonyl (C=O) groups excluding carboxylic acids is 1. The standard InChI is InChI=1S/C18H16ClN5OS/c1-10-17-13(11-3-5-12(26-2)6-4-11)9-16(25)20-18(17)24(23-10)15-8-7-14(19)21-22-15/h3-8,13H,9H2,1-2H3,(H,20,25)/t13-/m0/s1. The van der Waals surface area contributed by atoms with Crippen LogP contribution in [0.1, 0.15) is 29.2 Å². The number of nitrogens with one attached hydrogen (secondary N) is 1. The number of halogens is 1. The summed E-state index contributed by atoms with van der Waals surface area (Å²) < 4.78 is 1.62. The summed E-state index contributed by atoms with van der Waals surface area (Å²) in [6.07, 6.45) is 2.44. The molecule has 0 saturated heterocycles. The van der Waals surface area contributed by atoms with Gasteiger partial charge in [-0.1, -0.05) is 23.7 Å². The van der Waals surface area contributed by atoms with Crippen molar-refractivity contribution in [1.82, 2.24) is 20.0 Å². The van der Waals surface area contributed by atoms with E-state index in [0.29, 0.717) is 23.2 Å². The predicted octanol–water partition coefficient (Wildman–Crippen LogP) is 3.82. The van der Waals surface area contributed by atoms with E-state index in [-0.39, 0.29) is 11.8 Å². The largest absolute Gasteiger partial charge is 0.310 e. The molecule has 0 bridgehead atoms. The molecule has 0 saturated carbocycles. The zero-order chi connectivity index (χ0) is 18.3. The van der Waals surface area contributed by atoms with E-state index in [1.54, 1.807) is 28.6 Å². The molecule has 1 aliphatic heterocycles. The van der Waals surface area contributed by atoms with E-state index in [1.807, 2.05) is 13.2 Å².